The highest BCUT2D eigenvalue weighted by atomic mass is 19.4. The summed E-state index contributed by atoms with van der Waals surface area (Å²) in [5.41, 5.74) is 4.84. The predicted molar refractivity (Wildman–Crippen MR) is 68.0 cm³/mol. The van der Waals surface area contributed by atoms with Crippen molar-refractivity contribution < 1.29 is 13.2 Å². The van der Waals surface area contributed by atoms with Gasteiger partial charge in [0.2, 0.25) is 0 Å². The molecule has 2 aromatic heterocycles. The lowest BCUT2D eigenvalue weighted by Gasteiger charge is -2.15. The van der Waals surface area contributed by atoms with Crippen molar-refractivity contribution in [3.05, 3.63) is 17.6 Å². The molecule has 0 fully saturated rings. The number of nitrogens with zero attached hydrogens (tertiary/aromatic N) is 4. The van der Waals surface area contributed by atoms with Gasteiger partial charge in [0, 0.05) is 5.56 Å². The first kappa shape index (κ1) is 14.5. The molecule has 0 amide bonds. The van der Waals surface area contributed by atoms with Gasteiger partial charge in [-0.2, -0.15) is 27.8 Å². The molecular weight excluding hydrogens is 271 g/mol. The molecule has 5 nitrogen and oxygen atoms in total. The van der Waals surface area contributed by atoms with Gasteiger partial charge in [-0.25, -0.2) is 4.98 Å². The monoisotopic (exact) mass is 287 g/mol. The zero-order valence-corrected chi connectivity index (χ0v) is 11.3. The van der Waals surface area contributed by atoms with Gasteiger partial charge in [-0.3, -0.25) is 0 Å². The summed E-state index contributed by atoms with van der Waals surface area (Å²) >= 11 is 0. The number of aromatic nitrogens is 4. The van der Waals surface area contributed by atoms with E-state index in [2.05, 4.69) is 15.1 Å². The van der Waals surface area contributed by atoms with E-state index in [9.17, 15) is 13.2 Å². The quantitative estimate of drug-likeness (QED) is 0.938. The topological polar surface area (TPSA) is 69.1 Å². The van der Waals surface area contributed by atoms with Gasteiger partial charge < -0.3 is 5.73 Å². The summed E-state index contributed by atoms with van der Waals surface area (Å²) in [6.45, 7) is 4.04. The number of alkyl halides is 3. The first-order valence-corrected chi connectivity index (χ1v) is 6.36. The number of nitrogen functional groups attached to an aromatic ring is 1. The highest BCUT2D eigenvalue weighted by Crippen LogP contribution is 2.34. The fourth-order valence-corrected chi connectivity index (χ4v) is 2.07. The summed E-state index contributed by atoms with van der Waals surface area (Å²) in [5.74, 6) is 0.250. The largest absolute Gasteiger partial charge is 0.433 e. The lowest BCUT2D eigenvalue weighted by atomic mass is 10.0. The SMILES string of the molecule is CC(C)CCCc1c(C(F)(F)F)nc2ncnn2c1N. The smallest absolute Gasteiger partial charge is 0.383 e. The van der Waals surface area contributed by atoms with Crippen molar-refractivity contribution in [2.24, 2.45) is 5.92 Å². The van der Waals surface area contributed by atoms with Crippen molar-refractivity contribution in [3.8, 4) is 0 Å². The van der Waals surface area contributed by atoms with Gasteiger partial charge in [-0.15, -0.1) is 0 Å². The van der Waals surface area contributed by atoms with Crippen LogP contribution in [-0.4, -0.2) is 19.6 Å². The van der Waals surface area contributed by atoms with Gasteiger partial charge in [-0.05, 0) is 18.8 Å². The van der Waals surface area contributed by atoms with Crippen LogP contribution < -0.4 is 5.73 Å². The van der Waals surface area contributed by atoms with Crippen molar-refractivity contribution in [3.63, 3.8) is 0 Å². The lowest BCUT2D eigenvalue weighted by molar-refractivity contribution is -0.141. The Hall–Kier alpha value is -1.86. The van der Waals surface area contributed by atoms with E-state index in [1.54, 1.807) is 0 Å². The average molecular weight is 287 g/mol. The molecule has 0 saturated heterocycles. The van der Waals surface area contributed by atoms with Crippen LogP contribution in [0.2, 0.25) is 0 Å². The molecule has 2 heterocycles. The Balaban J connectivity index is 2.45. The molecule has 0 aliphatic carbocycles. The summed E-state index contributed by atoms with van der Waals surface area (Å²) in [5, 5.41) is 3.80. The van der Waals surface area contributed by atoms with E-state index < -0.39 is 11.9 Å². The second-order valence-corrected chi connectivity index (χ2v) is 5.08. The third kappa shape index (κ3) is 2.83. The van der Waals surface area contributed by atoms with E-state index in [0.717, 1.165) is 17.3 Å². The number of anilines is 1. The maximum atomic E-state index is 13.1. The summed E-state index contributed by atoms with van der Waals surface area (Å²) in [6.07, 6.45) is -1.74. The number of hydrogen-bond acceptors (Lipinski definition) is 4. The van der Waals surface area contributed by atoms with E-state index in [4.69, 9.17) is 5.73 Å². The predicted octanol–water partition coefficient (Wildman–Crippen LogP) is 2.70. The molecule has 0 aliphatic rings. The molecule has 2 N–H and O–H groups in total. The van der Waals surface area contributed by atoms with E-state index in [1.807, 2.05) is 13.8 Å². The van der Waals surface area contributed by atoms with Crippen LogP contribution >= 0.6 is 0 Å². The Morgan fingerprint density at radius 2 is 2.05 bits per heavy atom. The average Bonchev–Trinajstić information content (AvgIpc) is 2.78. The van der Waals surface area contributed by atoms with Gasteiger partial charge in [-0.1, -0.05) is 20.3 Å². The number of hydrogen-bond donors (Lipinski definition) is 1. The van der Waals surface area contributed by atoms with Gasteiger partial charge in [0.05, 0.1) is 0 Å². The molecule has 2 aromatic rings. The minimum absolute atomic E-state index is 0.00356. The Morgan fingerprint density at radius 3 is 2.65 bits per heavy atom. The Morgan fingerprint density at radius 1 is 1.35 bits per heavy atom. The van der Waals surface area contributed by atoms with Crippen LogP contribution in [0.25, 0.3) is 5.78 Å². The van der Waals surface area contributed by atoms with E-state index in [0.29, 0.717) is 12.3 Å². The van der Waals surface area contributed by atoms with Crippen LogP contribution in [0.4, 0.5) is 19.0 Å². The Bertz CT molecular complexity index is 603. The number of fused-ring (bicyclic) bond motifs is 1. The van der Waals surface area contributed by atoms with Crippen molar-refractivity contribution in [1.29, 1.82) is 0 Å². The van der Waals surface area contributed by atoms with Crippen molar-refractivity contribution >= 4 is 11.6 Å². The van der Waals surface area contributed by atoms with Crippen molar-refractivity contribution in [1.82, 2.24) is 19.6 Å². The highest BCUT2D eigenvalue weighted by Gasteiger charge is 2.37. The summed E-state index contributed by atoms with van der Waals surface area (Å²) in [4.78, 5) is 7.21. The molecule has 0 unspecified atom stereocenters. The standard InChI is InChI=1S/C12H16F3N5/c1-7(2)4-3-5-8-9(12(13,14)15)19-11-17-6-18-20(11)10(8)16/h6-7H,3-5,16H2,1-2H3. The molecule has 0 saturated carbocycles. The maximum Gasteiger partial charge on any atom is 0.433 e. The molecule has 0 aromatic carbocycles. The molecule has 0 atom stereocenters. The molecule has 110 valence electrons. The molecule has 0 aliphatic heterocycles. The normalized spacial score (nSPS) is 12.5. The van der Waals surface area contributed by atoms with E-state index in [-0.39, 0.29) is 23.6 Å². The highest BCUT2D eigenvalue weighted by molar-refractivity contribution is 5.50. The first-order chi connectivity index (χ1) is 9.30. The Labute approximate surface area is 114 Å². The molecule has 2 rings (SSSR count). The minimum Gasteiger partial charge on any atom is -0.383 e. The van der Waals surface area contributed by atoms with Crippen LogP contribution in [0.5, 0.6) is 0 Å². The summed E-state index contributed by atoms with van der Waals surface area (Å²) in [6, 6.07) is 0. The van der Waals surface area contributed by atoms with Crippen molar-refractivity contribution in [2.75, 3.05) is 5.73 Å². The fourth-order valence-electron chi connectivity index (χ4n) is 2.07. The number of rotatable bonds is 4. The van der Waals surface area contributed by atoms with Crippen LogP contribution in [-0.2, 0) is 12.6 Å². The minimum atomic E-state index is -4.55. The third-order valence-corrected chi connectivity index (χ3v) is 3.04. The zero-order chi connectivity index (χ0) is 14.9. The molecular formula is C12H16F3N5. The fraction of sp³-hybridized carbons (Fsp3) is 0.583. The van der Waals surface area contributed by atoms with Gasteiger partial charge in [0.15, 0.2) is 5.69 Å². The van der Waals surface area contributed by atoms with Gasteiger partial charge in [0.1, 0.15) is 12.1 Å². The van der Waals surface area contributed by atoms with E-state index in [1.165, 1.54) is 0 Å². The first-order valence-electron chi connectivity index (χ1n) is 6.36. The second-order valence-electron chi connectivity index (χ2n) is 5.08. The van der Waals surface area contributed by atoms with Gasteiger partial charge >= 0.3 is 6.18 Å². The second kappa shape index (κ2) is 5.26. The summed E-state index contributed by atoms with van der Waals surface area (Å²) < 4.78 is 40.4. The number of nitrogens with two attached hydrogens (primary N) is 1. The van der Waals surface area contributed by atoms with Crippen LogP contribution in [0.15, 0.2) is 6.33 Å². The van der Waals surface area contributed by atoms with Gasteiger partial charge in [0.25, 0.3) is 5.78 Å². The van der Waals surface area contributed by atoms with Crippen LogP contribution in [0.3, 0.4) is 0 Å². The maximum absolute atomic E-state index is 13.1. The third-order valence-electron chi connectivity index (χ3n) is 3.04. The Kier molecular flexibility index (Phi) is 3.82. The van der Waals surface area contributed by atoms with Crippen LogP contribution in [0, 0.1) is 5.92 Å². The summed E-state index contributed by atoms with van der Waals surface area (Å²) in [7, 11) is 0. The number of halogens is 3. The molecule has 0 spiro atoms. The zero-order valence-electron chi connectivity index (χ0n) is 11.3. The van der Waals surface area contributed by atoms with E-state index >= 15 is 0 Å². The molecule has 0 radical (unpaired) electrons. The lowest BCUT2D eigenvalue weighted by Crippen LogP contribution is -2.17. The van der Waals surface area contributed by atoms with Crippen molar-refractivity contribution in [2.45, 2.75) is 39.3 Å². The molecule has 0 bridgehead atoms. The van der Waals surface area contributed by atoms with Crippen LogP contribution in [0.1, 0.15) is 37.9 Å². The molecule has 20 heavy (non-hydrogen) atoms. The molecule has 8 heteroatoms.